The average molecular weight is 315 g/mol. The number of amides is 1. The second-order valence-electron chi connectivity index (χ2n) is 4.97. The number of hydrogen-bond donors (Lipinski definition) is 1. The summed E-state index contributed by atoms with van der Waals surface area (Å²) in [5.41, 5.74) is 6.46. The lowest BCUT2D eigenvalue weighted by Gasteiger charge is -2.15. The highest BCUT2D eigenvalue weighted by molar-refractivity contribution is 8.00. The molecule has 1 aliphatic heterocycles. The fourth-order valence-electron chi connectivity index (χ4n) is 2.27. The molecule has 0 unspecified atom stereocenters. The molecule has 0 fully saturated rings. The van der Waals surface area contributed by atoms with E-state index >= 15 is 0 Å². The van der Waals surface area contributed by atoms with Gasteiger partial charge in [-0.1, -0.05) is 30.3 Å². The number of thioether (sulfide) groups is 1. The number of carbonyl (C=O) groups is 1. The molecule has 0 aromatic heterocycles. The fraction of sp³-hybridized carbons (Fsp3) is 0.235. The number of ether oxygens (including phenoxy) is 2. The number of carbonyl (C=O) groups excluding carboxylic acids is 1. The van der Waals surface area contributed by atoms with Crippen LogP contribution in [0.2, 0.25) is 0 Å². The molecule has 2 aromatic rings. The van der Waals surface area contributed by atoms with Crippen molar-refractivity contribution >= 4 is 17.7 Å². The van der Waals surface area contributed by atoms with E-state index in [0.29, 0.717) is 13.2 Å². The van der Waals surface area contributed by atoms with Gasteiger partial charge in [0.1, 0.15) is 5.25 Å². The SMILES string of the molecule is NC(=O)[C@@H](Sc1ccc2c(c1)OCCCO2)c1ccccc1. The van der Waals surface area contributed by atoms with Crippen molar-refractivity contribution in [3.8, 4) is 11.5 Å². The lowest BCUT2D eigenvalue weighted by Crippen LogP contribution is -2.18. The molecule has 5 heteroatoms. The molecular weight excluding hydrogens is 298 g/mol. The summed E-state index contributed by atoms with van der Waals surface area (Å²) < 4.78 is 11.3. The van der Waals surface area contributed by atoms with E-state index in [4.69, 9.17) is 15.2 Å². The second kappa shape index (κ2) is 6.75. The van der Waals surface area contributed by atoms with Gasteiger partial charge in [0.05, 0.1) is 13.2 Å². The van der Waals surface area contributed by atoms with Gasteiger partial charge in [-0.3, -0.25) is 4.79 Å². The van der Waals surface area contributed by atoms with Gasteiger partial charge in [-0.15, -0.1) is 11.8 Å². The van der Waals surface area contributed by atoms with Gasteiger partial charge >= 0.3 is 0 Å². The Morgan fingerprint density at radius 2 is 1.77 bits per heavy atom. The topological polar surface area (TPSA) is 61.6 Å². The van der Waals surface area contributed by atoms with Gasteiger partial charge in [0.2, 0.25) is 5.91 Å². The van der Waals surface area contributed by atoms with Crippen LogP contribution in [0.3, 0.4) is 0 Å². The van der Waals surface area contributed by atoms with Crippen molar-refractivity contribution in [3.63, 3.8) is 0 Å². The number of nitrogens with two attached hydrogens (primary N) is 1. The first-order chi connectivity index (χ1) is 10.7. The van der Waals surface area contributed by atoms with Crippen LogP contribution >= 0.6 is 11.8 Å². The second-order valence-corrected chi connectivity index (χ2v) is 6.15. The predicted octanol–water partition coefficient (Wildman–Crippen LogP) is 3.17. The standard InChI is InChI=1S/C17H17NO3S/c18-17(19)16(12-5-2-1-3-6-12)22-13-7-8-14-15(11-13)21-10-4-9-20-14/h1-3,5-8,11,16H,4,9-10H2,(H2,18,19)/t16-/m0/s1. The number of primary amides is 1. The van der Waals surface area contributed by atoms with Gasteiger partial charge in [0.25, 0.3) is 0 Å². The average Bonchev–Trinajstić information content (AvgIpc) is 2.78. The maximum atomic E-state index is 11.8. The molecule has 1 atom stereocenters. The minimum Gasteiger partial charge on any atom is -0.490 e. The Kier molecular flexibility index (Phi) is 4.53. The summed E-state index contributed by atoms with van der Waals surface area (Å²) in [6.45, 7) is 1.30. The Bertz CT molecular complexity index is 660. The molecule has 2 N–H and O–H groups in total. The molecule has 0 spiro atoms. The van der Waals surface area contributed by atoms with Crippen molar-refractivity contribution in [2.75, 3.05) is 13.2 Å². The summed E-state index contributed by atoms with van der Waals surface area (Å²) in [5, 5.41) is -0.425. The first-order valence-electron chi connectivity index (χ1n) is 7.14. The molecule has 0 radical (unpaired) electrons. The van der Waals surface area contributed by atoms with Gasteiger partial charge in [0, 0.05) is 11.3 Å². The summed E-state index contributed by atoms with van der Waals surface area (Å²) in [6.07, 6.45) is 0.866. The van der Waals surface area contributed by atoms with Crippen LogP contribution in [0.5, 0.6) is 11.5 Å². The third-order valence-electron chi connectivity index (χ3n) is 3.33. The molecule has 1 aliphatic rings. The van der Waals surface area contributed by atoms with Gasteiger partial charge in [0.15, 0.2) is 11.5 Å². The summed E-state index contributed by atoms with van der Waals surface area (Å²) in [5.74, 6) is 1.11. The van der Waals surface area contributed by atoms with Crippen LogP contribution in [0.1, 0.15) is 17.2 Å². The highest BCUT2D eigenvalue weighted by atomic mass is 32.2. The first kappa shape index (κ1) is 14.8. The molecule has 0 saturated heterocycles. The van der Waals surface area contributed by atoms with Crippen molar-refractivity contribution in [2.24, 2.45) is 5.73 Å². The molecular formula is C17H17NO3S. The molecule has 0 bridgehead atoms. The zero-order valence-electron chi connectivity index (χ0n) is 12.0. The van der Waals surface area contributed by atoms with E-state index < -0.39 is 5.25 Å². The van der Waals surface area contributed by atoms with E-state index in [2.05, 4.69) is 0 Å². The van der Waals surface area contributed by atoms with E-state index in [1.807, 2.05) is 48.5 Å². The number of rotatable bonds is 4. The zero-order valence-corrected chi connectivity index (χ0v) is 12.8. The van der Waals surface area contributed by atoms with Crippen molar-refractivity contribution in [1.29, 1.82) is 0 Å². The maximum Gasteiger partial charge on any atom is 0.235 e. The Labute approximate surface area is 133 Å². The van der Waals surface area contributed by atoms with E-state index in [1.165, 1.54) is 11.8 Å². The summed E-state index contributed by atoms with van der Waals surface area (Å²) >= 11 is 1.42. The maximum absolute atomic E-state index is 11.8. The van der Waals surface area contributed by atoms with Crippen molar-refractivity contribution in [1.82, 2.24) is 0 Å². The quantitative estimate of drug-likeness (QED) is 0.880. The van der Waals surface area contributed by atoms with Gasteiger partial charge in [-0.25, -0.2) is 0 Å². The van der Waals surface area contributed by atoms with Crippen molar-refractivity contribution in [2.45, 2.75) is 16.6 Å². The first-order valence-corrected chi connectivity index (χ1v) is 8.02. The lowest BCUT2D eigenvalue weighted by atomic mass is 10.1. The Balaban J connectivity index is 1.84. The Morgan fingerprint density at radius 3 is 2.50 bits per heavy atom. The van der Waals surface area contributed by atoms with Gasteiger partial charge < -0.3 is 15.2 Å². The van der Waals surface area contributed by atoms with Crippen LogP contribution in [0.25, 0.3) is 0 Å². The van der Waals surface area contributed by atoms with E-state index in [1.54, 1.807) is 0 Å². The normalized spacial score (nSPS) is 14.9. The number of hydrogen-bond acceptors (Lipinski definition) is 4. The van der Waals surface area contributed by atoms with Crippen LogP contribution < -0.4 is 15.2 Å². The monoisotopic (exact) mass is 315 g/mol. The highest BCUT2D eigenvalue weighted by Crippen LogP contribution is 2.39. The molecule has 0 saturated carbocycles. The Morgan fingerprint density at radius 1 is 1.05 bits per heavy atom. The highest BCUT2D eigenvalue weighted by Gasteiger charge is 2.20. The zero-order chi connectivity index (χ0) is 15.4. The Hall–Kier alpha value is -2.14. The molecule has 2 aromatic carbocycles. The smallest absolute Gasteiger partial charge is 0.235 e. The lowest BCUT2D eigenvalue weighted by molar-refractivity contribution is -0.117. The molecule has 1 amide bonds. The molecule has 4 nitrogen and oxygen atoms in total. The van der Waals surface area contributed by atoms with Crippen LogP contribution in [-0.4, -0.2) is 19.1 Å². The molecule has 22 heavy (non-hydrogen) atoms. The number of fused-ring (bicyclic) bond motifs is 1. The minimum atomic E-state index is -0.425. The molecule has 114 valence electrons. The van der Waals surface area contributed by atoms with Crippen LogP contribution in [-0.2, 0) is 4.79 Å². The van der Waals surface area contributed by atoms with Crippen LogP contribution in [0.4, 0.5) is 0 Å². The number of benzene rings is 2. The van der Waals surface area contributed by atoms with E-state index in [-0.39, 0.29) is 5.91 Å². The van der Waals surface area contributed by atoms with Crippen LogP contribution in [0.15, 0.2) is 53.4 Å². The van der Waals surface area contributed by atoms with E-state index in [0.717, 1.165) is 28.4 Å². The molecule has 0 aliphatic carbocycles. The predicted molar refractivity (Wildman–Crippen MR) is 86.3 cm³/mol. The third kappa shape index (κ3) is 3.36. The molecule has 1 heterocycles. The summed E-state index contributed by atoms with van der Waals surface area (Å²) in [6, 6.07) is 15.3. The van der Waals surface area contributed by atoms with Gasteiger partial charge in [-0.05, 0) is 23.8 Å². The van der Waals surface area contributed by atoms with Crippen LogP contribution in [0, 0.1) is 0 Å². The fourth-order valence-corrected chi connectivity index (χ4v) is 3.27. The van der Waals surface area contributed by atoms with Crippen molar-refractivity contribution in [3.05, 3.63) is 54.1 Å². The summed E-state index contributed by atoms with van der Waals surface area (Å²) in [4.78, 5) is 12.7. The van der Waals surface area contributed by atoms with Gasteiger partial charge in [-0.2, -0.15) is 0 Å². The third-order valence-corrected chi connectivity index (χ3v) is 4.60. The largest absolute Gasteiger partial charge is 0.490 e. The van der Waals surface area contributed by atoms with E-state index in [9.17, 15) is 4.79 Å². The molecule has 3 rings (SSSR count). The minimum absolute atomic E-state index is 0.358. The van der Waals surface area contributed by atoms with Crippen molar-refractivity contribution < 1.29 is 14.3 Å². The summed E-state index contributed by atoms with van der Waals surface area (Å²) in [7, 11) is 0.